The van der Waals surface area contributed by atoms with Crippen molar-refractivity contribution >= 4 is 28.5 Å². The smallest absolute Gasteiger partial charge is 0.340 e. The van der Waals surface area contributed by atoms with E-state index in [1.807, 2.05) is 24.3 Å². The van der Waals surface area contributed by atoms with Crippen LogP contribution in [0.25, 0.3) is 10.8 Å². The van der Waals surface area contributed by atoms with Gasteiger partial charge in [0.1, 0.15) is 5.82 Å². The summed E-state index contributed by atoms with van der Waals surface area (Å²) in [6, 6.07) is 7.65. The number of hydrogen-bond donors (Lipinski definition) is 1. The van der Waals surface area contributed by atoms with E-state index in [1.54, 1.807) is 6.20 Å². The SMILES string of the molecule is COC(=O)c1cnc(N2CCC(C(N)=O)CC2)c2ccccc12. The number of rotatable bonds is 3. The second-order valence-electron chi connectivity index (χ2n) is 5.70. The molecule has 1 amide bonds. The molecule has 0 saturated carbocycles. The molecule has 0 atom stereocenters. The molecule has 1 aliphatic rings. The Labute approximate surface area is 134 Å². The van der Waals surface area contributed by atoms with Crippen LogP contribution in [0.3, 0.4) is 0 Å². The normalized spacial score (nSPS) is 15.6. The van der Waals surface area contributed by atoms with E-state index in [4.69, 9.17) is 10.5 Å². The van der Waals surface area contributed by atoms with Crippen LogP contribution in [0.5, 0.6) is 0 Å². The van der Waals surface area contributed by atoms with Crippen LogP contribution < -0.4 is 10.6 Å². The number of carbonyl (C=O) groups excluding carboxylic acids is 2. The Bertz CT molecular complexity index is 752. The van der Waals surface area contributed by atoms with E-state index in [0.717, 1.165) is 42.5 Å². The Hall–Kier alpha value is -2.63. The molecule has 2 N–H and O–H groups in total. The van der Waals surface area contributed by atoms with Gasteiger partial charge in [0.05, 0.1) is 12.7 Å². The fraction of sp³-hybridized carbons (Fsp3) is 0.353. The van der Waals surface area contributed by atoms with Crippen LogP contribution in [-0.4, -0.2) is 37.1 Å². The molecular weight excluding hydrogens is 294 g/mol. The van der Waals surface area contributed by atoms with Gasteiger partial charge in [-0.05, 0) is 12.8 Å². The van der Waals surface area contributed by atoms with Gasteiger partial charge in [-0.15, -0.1) is 0 Å². The van der Waals surface area contributed by atoms with E-state index >= 15 is 0 Å². The number of pyridine rings is 1. The van der Waals surface area contributed by atoms with E-state index < -0.39 is 5.97 Å². The van der Waals surface area contributed by atoms with Gasteiger partial charge in [-0.25, -0.2) is 9.78 Å². The van der Waals surface area contributed by atoms with Gasteiger partial charge >= 0.3 is 5.97 Å². The molecule has 2 aromatic rings. The molecule has 0 aliphatic carbocycles. The maximum atomic E-state index is 11.9. The van der Waals surface area contributed by atoms with Gasteiger partial charge < -0.3 is 15.4 Å². The number of ether oxygens (including phenoxy) is 1. The zero-order chi connectivity index (χ0) is 16.4. The minimum absolute atomic E-state index is 0.0631. The first-order chi connectivity index (χ1) is 11.1. The molecule has 0 radical (unpaired) electrons. The summed E-state index contributed by atoms with van der Waals surface area (Å²) >= 11 is 0. The molecule has 1 aromatic carbocycles. The summed E-state index contributed by atoms with van der Waals surface area (Å²) in [5, 5.41) is 1.73. The number of anilines is 1. The number of hydrogen-bond acceptors (Lipinski definition) is 5. The third-order valence-electron chi connectivity index (χ3n) is 4.38. The summed E-state index contributed by atoms with van der Waals surface area (Å²) in [6.07, 6.45) is 3.01. The van der Waals surface area contributed by atoms with Crippen molar-refractivity contribution in [2.24, 2.45) is 11.7 Å². The monoisotopic (exact) mass is 313 g/mol. The first-order valence-corrected chi connectivity index (χ1v) is 7.62. The fourth-order valence-electron chi connectivity index (χ4n) is 3.08. The zero-order valence-corrected chi connectivity index (χ0v) is 13.0. The van der Waals surface area contributed by atoms with Crippen molar-refractivity contribution in [1.82, 2.24) is 4.98 Å². The number of aromatic nitrogens is 1. The second-order valence-corrected chi connectivity index (χ2v) is 5.70. The molecular formula is C17H19N3O3. The lowest BCUT2D eigenvalue weighted by atomic mass is 9.96. The predicted octanol–water partition coefficient (Wildman–Crippen LogP) is 1.72. The molecule has 3 rings (SSSR count). The van der Waals surface area contributed by atoms with Gasteiger partial charge in [0.2, 0.25) is 5.91 Å². The number of nitrogens with zero attached hydrogens (tertiary/aromatic N) is 2. The fourth-order valence-corrected chi connectivity index (χ4v) is 3.08. The van der Waals surface area contributed by atoms with E-state index in [-0.39, 0.29) is 11.8 Å². The molecule has 1 aliphatic heterocycles. The lowest BCUT2D eigenvalue weighted by Crippen LogP contribution is -2.39. The quantitative estimate of drug-likeness (QED) is 0.872. The van der Waals surface area contributed by atoms with Crippen molar-refractivity contribution in [3.05, 3.63) is 36.0 Å². The van der Waals surface area contributed by atoms with Crippen LogP contribution in [0.4, 0.5) is 5.82 Å². The van der Waals surface area contributed by atoms with Gasteiger partial charge in [-0.1, -0.05) is 24.3 Å². The highest BCUT2D eigenvalue weighted by atomic mass is 16.5. The highest BCUT2D eigenvalue weighted by Gasteiger charge is 2.25. The zero-order valence-electron chi connectivity index (χ0n) is 13.0. The average molecular weight is 313 g/mol. The summed E-state index contributed by atoms with van der Waals surface area (Å²) in [5.41, 5.74) is 5.84. The van der Waals surface area contributed by atoms with E-state index in [9.17, 15) is 9.59 Å². The van der Waals surface area contributed by atoms with Crippen molar-refractivity contribution in [2.45, 2.75) is 12.8 Å². The Balaban J connectivity index is 1.97. The first-order valence-electron chi connectivity index (χ1n) is 7.62. The molecule has 1 aromatic heterocycles. The number of esters is 1. The third kappa shape index (κ3) is 2.84. The molecule has 0 unspecified atom stereocenters. The van der Waals surface area contributed by atoms with Crippen molar-refractivity contribution in [3.63, 3.8) is 0 Å². The minimum Gasteiger partial charge on any atom is -0.465 e. The van der Waals surface area contributed by atoms with Crippen molar-refractivity contribution in [3.8, 4) is 0 Å². The Morgan fingerprint density at radius 3 is 2.48 bits per heavy atom. The van der Waals surface area contributed by atoms with Crippen LogP contribution in [0.1, 0.15) is 23.2 Å². The largest absolute Gasteiger partial charge is 0.465 e. The van der Waals surface area contributed by atoms with Gasteiger partial charge in [-0.2, -0.15) is 0 Å². The predicted molar refractivity (Wildman–Crippen MR) is 87.2 cm³/mol. The van der Waals surface area contributed by atoms with Gasteiger partial charge in [-0.3, -0.25) is 4.79 Å². The summed E-state index contributed by atoms with van der Waals surface area (Å²) in [4.78, 5) is 29.8. The molecule has 1 fully saturated rings. The van der Waals surface area contributed by atoms with Gasteiger partial charge in [0.25, 0.3) is 0 Å². The molecule has 6 heteroatoms. The van der Waals surface area contributed by atoms with Crippen molar-refractivity contribution < 1.29 is 14.3 Å². The van der Waals surface area contributed by atoms with Crippen LogP contribution >= 0.6 is 0 Å². The number of amides is 1. The molecule has 0 bridgehead atoms. The lowest BCUT2D eigenvalue weighted by molar-refractivity contribution is -0.122. The Morgan fingerprint density at radius 2 is 1.87 bits per heavy atom. The molecule has 1 saturated heterocycles. The highest BCUT2D eigenvalue weighted by molar-refractivity contribution is 6.07. The number of primary amides is 1. The number of benzene rings is 1. The second kappa shape index (κ2) is 6.24. The van der Waals surface area contributed by atoms with Crippen molar-refractivity contribution in [1.29, 1.82) is 0 Å². The van der Waals surface area contributed by atoms with Gasteiger partial charge in [0.15, 0.2) is 0 Å². The van der Waals surface area contributed by atoms with Crippen LogP contribution in [0.15, 0.2) is 30.5 Å². The Morgan fingerprint density at radius 1 is 1.22 bits per heavy atom. The molecule has 0 spiro atoms. The molecule has 120 valence electrons. The molecule has 6 nitrogen and oxygen atoms in total. The first kappa shape index (κ1) is 15.3. The summed E-state index contributed by atoms with van der Waals surface area (Å²) in [6.45, 7) is 1.45. The van der Waals surface area contributed by atoms with E-state index in [0.29, 0.717) is 5.56 Å². The standard InChI is InChI=1S/C17H19N3O3/c1-23-17(22)14-10-19-16(13-5-3-2-4-12(13)14)20-8-6-11(7-9-20)15(18)21/h2-5,10-11H,6-9H2,1H3,(H2,18,21). The van der Waals surface area contributed by atoms with E-state index in [2.05, 4.69) is 9.88 Å². The number of carbonyl (C=O) groups is 2. The van der Waals surface area contributed by atoms with Crippen LogP contribution in [0.2, 0.25) is 0 Å². The minimum atomic E-state index is -0.396. The maximum absolute atomic E-state index is 11.9. The lowest BCUT2D eigenvalue weighted by Gasteiger charge is -2.32. The summed E-state index contributed by atoms with van der Waals surface area (Å²) in [5.74, 6) is 0.138. The number of fused-ring (bicyclic) bond motifs is 1. The summed E-state index contributed by atoms with van der Waals surface area (Å²) < 4.78 is 4.83. The van der Waals surface area contributed by atoms with Crippen molar-refractivity contribution in [2.75, 3.05) is 25.1 Å². The average Bonchev–Trinajstić information content (AvgIpc) is 2.60. The number of nitrogens with two attached hydrogens (primary N) is 1. The third-order valence-corrected chi connectivity index (χ3v) is 4.38. The Kier molecular flexibility index (Phi) is 4.14. The summed E-state index contributed by atoms with van der Waals surface area (Å²) in [7, 11) is 1.36. The molecule has 2 heterocycles. The van der Waals surface area contributed by atoms with E-state index in [1.165, 1.54) is 7.11 Å². The van der Waals surface area contributed by atoms with Crippen LogP contribution in [0, 0.1) is 5.92 Å². The highest BCUT2D eigenvalue weighted by Crippen LogP contribution is 2.30. The molecule has 23 heavy (non-hydrogen) atoms. The number of piperidine rings is 1. The van der Waals surface area contributed by atoms with Gasteiger partial charge in [0, 0.05) is 36.0 Å². The topological polar surface area (TPSA) is 85.5 Å². The van der Waals surface area contributed by atoms with Crippen LogP contribution in [-0.2, 0) is 9.53 Å². The maximum Gasteiger partial charge on any atom is 0.340 e. The number of methoxy groups -OCH3 is 1.